The van der Waals surface area contributed by atoms with Gasteiger partial charge in [-0.15, -0.1) is 0 Å². The van der Waals surface area contributed by atoms with Gasteiger partial charge < -0.3 is 9.84 Å². The van der Waals surface area contributed by atoms with Crippen molar-refractivity contribution in [1.82, 2.24) is 0 Å². The number of methoxy groups -OCH3 is 1. The lowest BCUT2D eigenvalue weighted by Crippen LogP contribution is -2.37. The number of rotatable bonds is 4. The van der Waals surface area contributed by atoms with Crippen LogP contribution in [0.1, 0.15) is 25.5 Å². The number of ether oxygens (including phenoxy) is 1. The zero-order valence-corrected chi connectivity index (χ0v) is 13.2. The van der Waals surface area contributed by atoms with Gasteiger partial charge in [0.25, 0.3) is 0 Å². The highest BCUT2D eigenvalue weighted by atomic mass is 79.9. The van der Waals surface area contributed by atoms with Gasteiger partial charge in [-0.1, -0.05) is 6.07 Å². The quantitative estimate of drug-likeness (QED) is 0.916. The number of benzene rings is 1. The van der Waals surface area contributed by atoms with Crippen LogP contribution in [0.3, 0.4) is 0 Å². The third kappa shape index (κ3) is 2.87. The normalized spacial score (nSPS) is 14.3. The second-order valence-corrected chi connectivity index (χ2v) is 8.12. The second kappa shape index (κ2) is 5.19. The van der Waals surface area contributed by atoms with Gasteiger partial charge in [0.05, 0.1) is 22.4 Å². The van der Waals surface area contributed by atoms with E-state index in [4.69, 9.17) is 4.74 Å². The van der Waals surface area contributed by atoms with Crippen molar-refractivity contribution in [1.29, 1.82) is 0 Å². The van der Waals surface area contributed by atoms with E-state index in [9.17, 15) is 13.5 Å². The van der Waals surface area contributed by atoms with Gasteiger partial charge in [0.2, 0.25) is 0 Å². The summed E-state index contributed by atoms with van der Waals surface area (Å²) in [6, 6.07) is 5.00. The van der Waals surface area contributed by atoms with Crippen LogP contribution in [0, 0.1) is 0 Å². The molecule has 0 amide bonds. The third-order valence-corrected chi connectivity index (χ3v) is 5.86. The minimum absolute atomic E-state index is 0.526. The zero-order valence-electron chi connectivity index (χ0n) is 10.8. The lowest BCUT2D eigenvalue weighted by atomic mass is 9.98. The van der Waals surface area contributed by atoms with Crippen LogP contribution in [0.2, 0.25) is 0 Å². The summed E-state index contributed by atoms with van der Waals surface area (Å²) in [5.74, 6) is 0.628. The van der Waals surface area contributed by atoms with Crippen molar-refractivity contribution in [3.8, 4) is 5.75 Å². The molecule has 0 aliphatic carbocycles. The van der Waals surface area contributed by atoms with Crippen LogP contribution >= 0.6 is 15.9 Å². The smallest absolute Gasteiger partial charge is 0.155 e. The van der Waals surface area contributed by atoms with Gasteiger partial charge in [0.15, 0.2) is 9.84 Å². The van der Waals surface area contributed by atoms with Crippen molar-refractivity contribution in [3.63, 3.8) is 0 Å². The summed E-state index contributed by atoms with van der Waals surface area (Å²) in [6.07, 6.45) is 0.0177. The highest BCUT2D eigenvalue weighted by Gasteiger charge is 2.39. The first-order valence-electron chi connectivity index (χ1n) is 5.32. The number of sulfone groups is 1. The van der Waals surface area contributed by atoms with E-state index in [0.717, 1.165) is 6.26 Å². The molecule has 1 N–H and O–H groups in total. The molecular weight excluding hydrogens is 320 g/mol. The molecule has 4 nitrogen and oxygen atoms in total. The number of aliphatic hydroxyl groups is 1. The van der Waals surface area contributed by atoms with Gasteiger partial charge in [-0.25, -0.2) is 8.42 Å². The first-order valence-corrected chi connectivity index (χ1v) is 8.01. The van der Waals surface area contributed by atoms with Crippen LogP contribution in [0.25, 0.3) is 0 Å². The van der Waals surface area contributed by atoms with Gasteiger partial charge >= 0.3 is 0 Å². The Morgan fingerprint density at radius 3 is 2.33 bits per heavy atom. The van der Waals surface area contributed by atoms with Crippen LogP contribution in [-0.4, -0.2) is 31.6 Å². The third-order valence-electron chi connectivity index (χ3n) is 3.11. The summed E-state index contributed by atoms with van der Waals surface area (Å²) >= 11 is 3.31. The molecule has 0 fully saturated rings. The van der Waals surface area contributed by atoms with Crippen molar-refractivity contribution in [3.05, 3.63) is 28.2 Å². The maximum Gasteiger partial charge on any atom is 0.155 e. The molecule has 1 atom stereocenters. The molecule has 18 heavy (non-hydrogen) atoms. The summed E-state index contributed by atoms with van der Waals surface area (Å²) in [7, 11) is -1.84. The van der Waals surface area contributed by atoms with Gasteiger partial charge in [-0.3, -0.25) is 0 Å². The number of halogens is 1. The molecule has 0 saturated carbocycles. The monoisotopic (exact) mass is 336 g/mol. The fourth-order valence-corrected chi connectivity index (χ4v) is 2.56. The lowest BCUT2D eigenvalue weighted by Gasteiger charge is -2.29. The standard InChI is InChI=1S/C12H17BrO4S/c1-12(2,18(4,15)16)11(14)8-5-6-10(17-3)9(13)7-8/h5-7,11,14H,1-4H3. The SMILES string of the molecule is COc1ccc(C(O)C(C)(C)S(C)(=O)=O)cc1Br. The Hall–Kier alpha value is -0.590. The van der Waals surface area contributed by atoms with Crippen molar-refractivity contribution < 1.29 is 18.3 Å². The van der Waals surface area contributed by atoms with Crippen LogP contribution in [-0.2, 0) is 9.84 Å². The molecule has 1 rings (SSSR count). The molecule has 0 spiro atoms. The van der Waals surface area contributed by atoms with E-state index in [2.05, 4.69) is 15.9 Å². The number of hydrogen-bond donors (Lipinski definition) is 1. The summed E-state index contributed by atoms with van der Waals surface area (Å²) in [5.41, 5.74) is 0.526. The average molecular weight is 337 g/mol. The minimum atomic E-state index is -3.37. The molecule has 1 aromatic carbocycles. The van der Waals surface area contributed by atoms with Crippen molar-refractivity contribution >= 4 is 25.8 Å². The summed E-state index contributed by atoms with van der Waals surface area (Å²) in [5, 5.41) is 10.2. The molecular formula is C12H17BrO4S. The minimum Gasteiger partial charge on any atom is -0.496 e. The summed E-state index contributed by atoms with van der Waals surface area (Å²) in [4.78, 5) is 0. The Bertz CT molecular complexity index is 537. The van der Waals surface area contributed by atoms with Gasteiger partial charge in [-0.2, -0.15) is 0 Å². The molecule has 0 aromatic heterocycles. The number of aliphatic hydroxyl groups excluding tert-OH is 1. The molecule has 0 aliphatic heterocycles. The van der Waals surface area contributed by atoms with Gasteiger partial charge in [-0.05, 0) is 47.5 Å². The van der Waals surface area contributed by atoms with Gasteiger partial charge in [0.1, 0.15) is 5.75 Å². The largest absolute Gasteiger partial charge is 0.496 e. The molecule has 0 saturated heterocycles. The lowest BCUT2D eigenvalue weighted by molar-refractivity contribution is 0.139. The van der Waals surface area contributed by atoms with E-state index in [1.807, 2.05) is 0 Å². The molecule has 1 aromatic rings. The van der Waals surface area contributed by atoms with Crippen LogP contribution in [0.5, 0.6) is 5.75 Å². The first kappa shape index (κ1) is 15.5. The predicted octanol–water partition coefficient (Wildman–Crippen LogP) is 2.31. The zero-order chi connectivity index (χ0) is 14.1. The molecule has 0 aliphatic rings. The predicted molar refractivity (Wildman–Crippen MR) is 74.6 cm³/mol. The second-order valence-electron chi connectivity index (χ2n) is 4.67. The van der Waals surface area contributed by atoms with E-state index < -0.39 is 20.7 Å². The maximum absolute atomic E-state index is 11.7. The van der Waals surface area contributed by atoms with Crippen molar-refractivity contribution in [2.45, 2.75) is 24.7 Å². The van der Waals surface area contributed by atoms with E-state index in [1.54, 1.807) is 18.2 Å². The molecule has 1 unspecified atom stereocenters. The molecule has 0 radical (unpaired) electrons. The maximum atomic E-state index is 11.7. The Morgan fingerprint density at radius 1 is 1.39 bits per heavy atom. The number of hydrogen-bond acceptors (Lipinski definition) is 4. The Balaban J connectivity index is 3.20. The van der Waals surface area contributed by atoms with Crippen LogP contribution in [0.4, 0.5) is 0 Å². The summed E-state index contributed by atoms with van der Waals surface area (Å²) < 4.78 is 27.9. The van der Waals surface area contributed by atoms with Crippen molar-refractivity contribution in [2.75, 3.05) is 13.4 Å². The fraction of sp³-hybridized carbons (Fsp3) is 0.500. The molecule has 0 bridgehead atoms. The topological polar surface area (TPSA) is 63.6 Å². The Kier molecular flexibility index (Phi) is 4.46. The first-order chi connectivity index (χ1) is 8.11. The Labute approximate surface area is 116 Å². The van der Waals surface area contributed by atoms with E-state index in [1.165, 1.54) is 21.0 Å². The highest BCUT2D eigenvalue weighted by molar-refractivity contribution is 9.10. The summed E-state index contributed by atoms with van der Waals surface area (Å²) in [6.45, 7) is 3.01. The van der Waals surface area contributed by atoms with Crippen LogP contribution < -0.4 is 4.74 Å². The van der Waals surface area contributed by atoms with Crippen molar-refractivity contribution in [2.24, 2.45) is 0 Å². The molecule has 6 heteroatoms. The van der Waals surface area contributed by atoms with Crippen LogP contribution in [0.15, 0.2) is 22.7 Å². The van der Waals surface area contributed by atoms with E-state index in [0.29, 0.717) is 15.8 Å². The average Bonchev–Trinajstić information content (AvgIpc) is 2.26. The highest BCUT2D eigenvalue weighted by Crippen LogP contribution is 2.35. The Morgan fingerprint density at radius 2 is 1.94 bits per heavy atom. The van der Waals surface area contributed by atoms with Gasteiger partial charge in [0, 0.05) is 6.26 Å². The molecule has 0 heterocycles. The van der Waals surface area contributed by atoms with E-state index >= 15 is 0 Å². The van der Waals surface area contributed by atoms with E-state index in [-0.39, 0.29) is 0 Å². The molecule has 102 valence electrons. The fourth-order valence-electron chi connectivity index (χ4n) is 1.46.